The molecule has 0 aliphatic heterocycles. The lowest BCUT2D eigenvalue weighted by Gasteiger charge is -2.28. The van der Waals surface area contributed by atoms with Gasteiger partial charge in [0.05, 0.1) is 12.7 Å². The maximum Gasteiger partial charge on any atom is 0.246 e. The fourth-order valence-electron chi connectivity index (χ4n) is 2.35. The smallest absolute Gasteiger partial charge is 0.246 e. The second kappa shape index (κ2) is 12.4. The Bertz CT molecular complexity index is 255. The van der Waals surface area contributed by atoms with Crippen LogP contribution in [-0.2, 0) is 14.3 Å². The topological polar surface area (TPSA) is 59.6 Å². The summed E-state index contributed by atoms with van der Waals surface area (Å²) in [5, 5.41) is 6.02. The second-order valence-electron chi connectivity index (χ2n) is 5.20. The molecule has 2 atom stereocenters. The number of hydrogen-bond acceptors (Lipinski definition) is 4. The van der Waals surface area contributed by atoms with Crippen LogP contribution in [0.25, 0.3) is 0 Å². The van der Waals surface area contributed by atoms with Gasteiger partial charge in [0.2, 0.25) is 5.91 Å². The Morgan fingerprint density at radius 1 is 1.20 bits per heavy atom. The van der Waals surface area contributed by atoms with Crippen molar-refractivity contribution in [2.24, 2.45) is 5.92 Å². The van der Waals surface area contributed by atoms with Gasteiger partial charge in [-0.15, -0.1) is 12.4 Å². The van der Waals surface area contributed by atoms with Gasteiger partial charge >= 0.3 is 0 Å². The number of nitrogens with one attached hydrogen (secondary N) is 2. The molecule has 1 amide bonds. The molecule has 0 heterocycles. The molecule has 6 heteroatoms. The molecule has 1 rings (SSSR count). The number of carbonyl (C=O) groups excluding carboxylic acids is 1. The first kappa shape index (κ1) is 19.6. The summed E-state index contributed by atoms with van der Waals surface area (Å²) >= 11 is 0. The van der Waals surface area contributed by atoms with Gasteiger partial charge in [0, 0.05) is 26.7 Å². The van der Waals surface area contributed by atoms with Gasteiger partial charge in [-0.3, -0.25) is 4.79 Å². The van der Waals surface area contributed by atoms with Gasteiger partial charge in [0.1, 0.15) is 6.61 Å². The summed E-state index contributed by atoms with van der Waals surface area (Å²) in [6.45, 7) is 5.29. The highest BCUT2D eigenvalue weighted by atomic mass is 35.5. The number of methoxy groups -OCH3 is 1. The van der Waals surface area contributed by atoms with Crippen molar-refractivity contribution in [2.75, 3.05) is 40.0 Å². The van der Waals surface area contributed by atoms with E-state index in [1.807, 2.05) is 0 Å². The lowest BCUT2D eigenvalue weighted by atomic mass is 9.88. The molecular weight excluding hydrogens is 280 g/mol. The number of rotatable bonds is 9. The molecular formula is C14H29ClN2O3. The fraction of sp³-hybridized carbons (Fsp3) is 0.929. The first-order chi connectivity index (χ1) is 9.24. The van der Waals surface area contributed by atoms with E-state index >= 15 is 0 Å². The van der Waals surface area contributed by atoms with Gasteiger partial charge in [0.15, 0.2) is 0 Å². The average molecular weight is 309 g/mol. The van der Waals surface area contributed by atoms with Gasteiger partial charge in [-0.1, -0.05) is 19.8 Å². The number of ether oxygens (including phenoxy) is 2. The molecule has 0 aromatic carbocycles. The summed E-state index contributed by atoms with van der Waals surface area (Å²) < 4.78 is 10.6. The number of amides is 1. The monoisotopic (exact) mass is 308 g/mol. The van der Waals surface area contributed by atoms with Gasteiger partial charge in [-0.05, 0) is 18.8 Å². The summed E-state index contributed by atoms with van der Waals surface area (Å²) in [6, 6.07) is 0. The van der Waals surface area contributed by atoms with Crippen molar-refractivity contribution in [3.63, 3.8) is 0 Å². The Hall–Kier alpha value is -0.360. The molecule has 0 aromatic rings. The molecule has 120 valence electrons. The standard InChI is InChI=1S/C14H28N2O3.ClH/c1-12-5-3-4-6-13(12)19-11-14(17)16-8-7-15-9-10-18-2;/h12-13,15H,3-11H2,1-2H3,(H,16,17);1H. The zero-order valence-electron chi connectivity index (χ0n) is 12.7. The normalized spacial score (nSPS) is 22.1. The fourth-order valence-corrected chi connectivity index (χ4v) is 2.35. The molecule has 0 spiro atoms. The van der Waals surface area contributed by atoms with Crippen molar-refractivity contribution in [1.29, 1.82) is 0 Å². The van der Waals surface area contributed by atoms with Crippen LogP contribution in [-0.4, -0.2) is 52.0 Å². The van der Waals surface area contributed by atoms with Gasteiger partial charge in [0.25, 0.3) is 0 Å². The summed E-state index contributed by atoms with van der Waals surface area (Å²) in [6.07, 6.45) is 5.09. The van der Waals surface area contributed by atoms with Gasteiger partial charge in [-0.2, -0.15) is 0 Å². The highest BCUT2D eigenvalue weighted by Gasteiger charge is 2.22. The minimum Gasteiger partial charge on any atom is -0.383 e. The predicted octanol–water partition coefficient (Wildman–Crippen LogP) is 1.36. The summed E-state index contributed by atoms with van der Waals surface area (Å²) in [4.78, 5) is 11.6. The third-order valence-electron chi connectivity index (χ3n) is 3.57. The Morgan fingerprint density at radius 3 is 2.65 bits per heavy atom. The zero-order chi connectivity index (χ0) is 13.9. The zero-order valence-corrected chi connectivity index (χ0v) is 13.5. The first-order valence-corrected chi connectivity index (χ1v) is 7.32. The van der Waals surface area contributed by atoms with Crippen LogP contribution >= 0.6 is 12.4 Å². The SMILES string of the molecule is COCCNCCNC(=O)COC1CCCCC1C.Cl. The van der Waals surface area contributed by atoms with Crippen LogP contribution in [0.4, 0.5) is 0 Å². The highest BCUT2D eigenvalue weighted by molar-refractivity contribution is 5.85. The second-order valence-corrected chi connectivity index (χ2v) is 5.20. The maximum atomic E-state index is 11.6. The van der Waals surface area contributed by atoms with E-state index in [1.54, 1.807) is 7.11 Å². The number of halogens is 1. The van der Waals surface area contributed by atoms with E-state index in [0.29, 0.717) is 19.1 Å². The molecule has 0 bridgehead atoms. The molecule has 0 aromatic heterocycles. The van der Waals surface area contributed by atoms with E-state index in [1.165, 1.54) is 19.3 Å². The molecule has 1 saturated carbocycles. The Labute approximate surface area is 128 Å². The van der Waals surface area contributed by atoms with Gasteiger partial charge in [-0.25, -0.2) is 0 Å². The Balaban J connectivity index is 0.00000361. The molecule has 0 radical (unpaired) electrons. The van der Waals surface area contributed by atoms with Crippen molar-refractivity contribution in [3.05, 3.63) is 0 Å². The van der Waals surface area contributed by atoms with E-state index < -0.39 is 0 Å². The van der Waals surface area contributed by atoms with E-state index in [4.69, 9.17) is 9.47 Å². The van der Waals surface area contributed by atoms with Crippen LogP contribution in [0.15, 0.2) is 0 Å². The third kappa shape index (κ3) is 8.74. The minimum atomic E-state index is -0.0219. The van der Waals surface area contributed by atoms with Crippen molar-refractivity contribution in [3.8, 4) is 0 Å². The van der Waals surface area contributed by atoms with Crippen molar-refractivity contribution < 1.29 is 14.3 Å². The molecule has 2 unspecified atom stereocenters. The van der Waals surface area contributed by atoms with E-state index in [0.717, 1.165) is 19.5 Å². The molecule has 1 aliphatic rings. The molecule has 2 N–H and O–H groups in total. The van der Waals surface area contributed by atoms with Crippen LogP contribution < -0.4 is 10.6 Å². The number of hydrogen-bond donors (Lipinski definition) is 2. The van der Waals surface area contributed by atoms with Crippen LogP contribution in [0.3, 0.4) is 0 Å². The van der Waals surface area contributed by atoms with Crippen LogP contribution in [0, 0.1) is 5.92 Å². The largest absolute Gasteiger partial charge is 0.383 e. The van der Waals surface area contributed by atoms with Crippen LogP contribution in [0.1, 0.15) is 32.6 Å². The van der Waals surface area contributed by atoms with Gasteiger partial charge < -0.3 is 20.1 Å². The molecule has 1 fully saturated rings. The lowest BCUT2D eigenvalue weighted by Crippen LogP contribution is -2.37. The quantitative estimate of drug-likeness (QED) is 0.631. The predicted molar refractivity (Wildman–Crippen MR) is 82.4 cm³/mol. The third-order valence-corrected chi connectivity index (χ3v) is 3.57. The van der Waals surface area contributed by atoms with E-state index in [-0.39, 0.29) is 31.0 Å². The minimum absolute atomic E-state index is 0. The summed E-state index contributed by atoms with van der Waals surface area (Å²) in [5.74, 6) is 0.559. The average Bonchev–Trinajstić information content (AvgIpc) is 2.42. The molecule has 0 saturated heterocycles. The molecule has 5 nitrogen and oxygen atoms in total. The van der Waals surface area contributed by atoms with Crippen molar-refractivity contribution in [2.45, 2.75) is 38.7 Å². The summed E-state index contributed by atoms with van der Waals surface area (Å²) in [7, 11) is 1.67. The maximum absolute atomic E-state index is 11.6. The highest BCUT2D eigenvalue weighted by Crippen LogP contribution is 2.25. The number of carbonyl (C=O) groups is 1. The Kier molecular flexibility index (Phi) is 12.2. The van der Waals surface area contributed by atoms with E-state index in [2.05, 4.69) is 17.6 Å². The summed E-state index contributed by atoms with van der Waals surface area (Å²) in [5.41, 5.74) is 0. The molecule has 1 aliphatic carbocycles. The first-order valence-electron chi connectivity index (χ1n) is 7.32. The Morgan fingerprint density at radius 2 is 1.95 bits per heavy atom. The van der Waals surface area contributed by atoms with Crippen molar-refractivity contribution >= 4 is 18.3 Å². The van der Waals surface area contributed by atoms with Crippen LogP contribution in [0.2, 0.25) is 0 Å². The van der Waals surface area contributed by atoms with E-state index in [9.17, 15) is 4.79 Å². The van der Waals surface area contributed by atoms with Crippen molar-refractivity contribution in [1.82, 2.24) is 10.6 Å². The molecule has 20 heavy (non-hydrogen) atoms. The lowest BCUT2D eigenvalue weighted by molar-refractivity contribution is -0.129. The van der Waals surface area contributed by atoms with Crippen LogP contribution in [0.5, 0.6) is 0 Å².